The van der Waals surface area contributed by atoms with E-state index >= 15 is 0 Å². The Morgan fingerprint density at radius 3 is 1.28 bits per heavy atom. The molecule has 0 spiro atoms. The first kappa shape index (κ1) is 33.4. The highest BCUT2D eigenvalue weighted by atomic mass is 16.6. The Balaban J connectivity index is 1.23. The van der Waals surface area contributed by atoms with Crippen molar-refractivity contribution in [2.75, 3.05) is 59.4 Å². The highest BCUT2D eigenvalue weighted by molar-refractivity contribution is 6.21. The summed E-state index contributed by atoms with van der Waals surface area (Å²) in [5.41, 5.74) is 0.928. The molecule has 1 heterocycles. The summed E-state index contributed by atoms with van der Waals surface area (Å²) in [7, 11) is 0. The van der Waals surface area contributed by atoms with Crippen LogP contribution in [0.4, 0.5) is 0 Å². The van der Waals surface area contributed by atoms with Gasteiger partial charge in [0.25, 0.3) is 11.8 Å². The molecule has 39 heavy (non-hydrogen) atoms. The predicted octanol–water partition coefficient (Wildman–Crippen LogP) is 6.83. The summed E-state index contributed by atoms with van der Waals surface area (Å²) in [6.07, 6.45) is 19.1. The molecule has 1 aliphatic rings. The molecule has 0 aliphatic carbocycles. The van der Waals surface area contributed by atoms with Crippen LogP contribution >= 0.6 is 0 Å². The number of unbranched alkanes of at least 4 members (excludes halogenated alkanes) is 13. The van der Waals surface area contributed by atoms with Gasteiger partial charge in [0.15, 0.2) is 0 Å². The third-order valence-electron chi connectivity index (χ3n) is 7.10. The molecule has 1 aromatic rings. The Morgan fingerprint density at radius 2 is 0.846 bits per heavy atom. The summed E-state index contributed by atoms with van der Waals surface area (Å²) in [4.78, 5) is 25.8. The number of nitrogens with zero attached hydrogens (tertiary/aromatic N) is 1. The molecule has 0 unspecified atom stereocenters. The summed E-state index contributed by atoms with van der Waals surface area (Å²) in [5, 5.41) is 0. The quantitative estimate of drug-likeness (QED) is 0.0888. The number of hydrogen-bond donors (Lipinski definition) is 0. The zero-order valence-corrected chi connectivity index (χ0v) is 24.5. The van der Waals surface area contributed by atoms with Crippen molar-refractivity contribution in [3.05, 3.63) is 35.4 Å². The van der Waals surface area contributed by atoms with E-state index in [1.165, 1.54) is 88.4 Å². The van der Waals surface area contributed by atoms with E-state index in [2.05, 4.69) is 6.92 Å². The molecule has 0 atom stereocenters. The largest absolute Gasteiger partial charge is 0.379 e. The van der Waals surface area contributed by atoms with Crippen LogP contribution in [0.1, 0.15) is 118 Å². The van der Waals surface area contributed by atoms with E-state index in [0.717, 1.165) is 13.0 Å². The lowest BCUT2D eigenvalue weighted by Gasteiger charge is -2.13. The second-order valence-corrected chi connectivity index (χ2v) is 10.4. The lowest BCUT2D eigenvalue weighted by atomic mass is 10.0. The van der Waals surface area contributed by atoms with Crippen LogP contribution in [0, 0.1) is 0 Å². The first-order valence-electron chi connectivity index (χ1n) is 15.5. The molecule has 0 radical (unpaired) electrons. The van der Waals surface area contributed by atoms with Gasteiger partial charge in [-0.25, -0.2) is 0 Å². The minimum absolute atomic E-state index is 0.245. The molecule has 7 nitrogen and oxygen atoms in total. The van der Waals surface area contributed by atoms with Gasteiger partial charge in [0.1, 0.15) is 0 Å². The summed E-state index contributed by atoms with van der Waals surface area (Å²) in [5.74, 6) is -0.507. The molecular formula is C32H53NO6. The number of carbonyl (C=O) groups excluding carboxylic acids is 2. The minimum Gasteiger partial charge on any atom is -0.379 e. The van der Waals surface area contributed by atoms with E-state index in [-0.39, 0.29) is 18.4 Å². The molecule has 2 amide bonds. The van der Waals surface area contributed by atoms with Crippen LogP contribution in [0.5, 0.6) is 0 Å². The third kappa shape index (κ3) is 15.0. The van der Waals surface area contributed by atoms with Gasteiger partial charge >= 0.3 is 0 Å². The zero-order chi connectivity index (χ0) is 27.8. The van der Waals surface area contributed by atoms with Crippen LogP contribution in [0.15, 0.2) is 24.3 Å². The number of rotatable bonds is 27. The summed E-state index contributed by atoms with van der Waals surface area (Å²) < 4.78 is 22.2. The standard InChI is InChI=1S/C32H53NO6/c1-2-3-4-5-6-7-8-9-10-11-12-13-14-17-21-36-23-25-38-27-28-39-26-24-37-22-20-33-31(34)29-18-15-16-19-30(29)32(33)35/h15-16,18-19H,2-14,17,20-28H2,1H3. The van der Waals surface area contributed by atoms with Gasteiger partial charge in [-0.15, -0.1) is 0 Å². The molecule has 0 bridgehead atoms. The Hall–Kier alpha value is -1.80. The van der Waals surface area contributed by atoms with Crippen molar-refractivity contribution in [1.82, 2.24) is 4.90 Å². The SMILES string of the molecule is CCCCCCCCCCCCCCCCOCCOCCOCCOCCN1C(=O)c2ccccc2C1=O. The van der Waals surface area contributed by atoms with Gasteiger partial charge in [-0.05, 0) is 18.6 Å². The molecule has 1 aliphatic heterocycles. The van der Waals surface area contributed by atoms with Crippen molar-refractivity contribution in [2.24, 2.45) is 0 Å². The smallest absolute Gasteiger partial charge is 0.261 e. The number of fused-ring (bicyclic) bond motifs is 1. The Bertz CT molecular complexity index is 736. The van der Waals surface area contributed by atoms with Crippen LogP contribution in [0.3, 0.4) is 0 Å². The third-order valence-corrected chi connectivity index (χ3v) is 7.10. The number of carbonyl (C=O) groups is 2. The fourth-order valence-electron chi connectivity index (χ4n) is 4.76. The van der Waals surface area contributed by atoms with Crippen molar-refractivity contribution in [3.63, 3.8) is 0 Å². The number of amides is 2. The van der Waals surface area contributed by atoms with E-state index in [9.17, 15) is 9.59 Å². The second-order valence-electron chi connectivity index (χ2n) is 10.4. The molecule has 0 fully saturated rings. The molecule has 2 rings (SSSR count). The lowest BCUT2D eigenvalue weighted by molar-refractivity contribution is -0.00353. The van der Waals surface area contributed by atoms with Gasteiger partial charge < -0.3 is 18.9 Å². The maximum absolute atomic E-state index is 12.3. The fourth-order valence-corrected chi connectivity index (χ4v) is 4.76. The summed E-state index contributed by atoms with van der Waals surface area (Å²) in [6, 6.07) is 6.89. The number of ether oxygens (including phenoxy) is 4. The first-order valence-corrected chi connectivity index (χ1v) is 15.5. The number of benzene rings is 1. The van der Waals surface area contributed by atoms with Crippen LogP contribution < -0.4 is 0 Å². The normalized spacial score (nSPS) is 13.0. The Labute approximate surface area is 236 Å². The fraction of sp³-hybridized carbons (Fsp3) is 0.750. The highest BCUT2D eigenvalue weighted by Gasteiger charge is 2.34. The van der Waals surface area contributed by atoms with E-state index in [1.54, 1.807) is 24.3 Å². The summed E-state index contributed by atoms with van der Waals surface area (Å²) in [6.45, 7) is 6.72. The topological polar surface area (TPSA) is 74.3 Å². The van der Waals surface area contributed by atoms with E-state index in [1.807, 2.05) is 0 Å². The molecule has 1 aromatic carbocycles. The lowest BCUT2D eigenvalue weighted by Crippen LogP contribution is -2.33. The Kier molecular flexibility index (Phi) is 19.7. The number of hydrogen-bond acceptors (Lipinski definition) is 6. The molecule has 222 valence electrons. The average molecular weight is 548 g/mol. The maximum atomic E-state index is 12.3. The van der Waals surface area contributed by atoms with Crippen molar-refractivity contribution in [2.45, 2.75) is 96.8 Å². The average Bonchev–Trinajstić information content (AvgIpc) is 3.19. The van der Waals surface area contributed by atoms with Crippen molar-refractivity contribution >= 4 is 11.8 Å². The molecule has 7 heteroatoms. The molecule has 0 N–H and O–H groups in total. The van der Waals surface area contributed by atoms with Crippen LogP contribution in [-0.4, -0.2) is 76.1 Å². The van der Waals surface area contributed by atoms with Gasteiger partial charge in [-0.2, -0.15) is 0 Å². The molecule has 0 saturated carbocycles. The zero-order valence-electron chi connectivity index (χ0n) is 24.5. The second kappa shape index (κ2) is 23.0. The van der Waals surface area contributed by atoms with Gasteiger partial charge in [0, 0.05) is 6.61 Å². The van der Waals surface area contributed by atoms with Crippen molar-refractivity contribution in [3.8, 4) is 0 Å². The highest BCUT2D eigenvalue weighted by Crippen LogP contribution is 2.21. The van der Waals surface area contributed by atoms with Gasteiger partial charge in [0.05, 0.1) is 63.9 Å². The molecule has 0 aromatic heterocycles. The van der Waals surface area contributed by atoms with E-state index in [0.29, 0.717) is 57.4 Å². The van der Waals surface area contributed by atoms with Crippen LogP contribution in [-0.2, 0) is 18.9 Å². The minimum atomic E-state index is -0.254. The monoisotopic (exact) mass is 547 g/mol. The first-order chi connectivity index (χ1) is 19.3. The van der Waals surface area contributed by atoms with Crippen molar-refractivity contribution in [1.29, 1.82) is 0 Å². The summed E-state index contributed by atoms with van der Waals surface area (Å²) >= 11 is 0. The van der Waals surface area contributed by atoms with Gasteiger partial charge in [-0.1, -0.05) is 103 Å². The molecule has 0 saturated heterocycles. The Morgan fingerprint density at radius 1 is 0.487 bits per heavy atom. The van der Waals surface area contributed by atoms with Crippen LogP contribution in [0.25, 0.3) is 0 Å². The van der Waals surface area contributed by atoms with Crippen molar-refractivity contribution < 1.29 is 28.5 Å². The van der Waals surface area contributed by atoms with Crippen LogP contribution in [0.2, 0.25) is 0 Å². The van der Waals surface area contributed by atoms with E-state index < -0.39 is 0 Å². The van der Waals surface area contributed by atoms with Gasteiger partial charge in [-0.3, -0.25) is 14.5 Å². The van der Waals surface area contributed by atoms with Gasteiger partial charge in [0.2, 0.25) is 0 Å². The predicted molar refractivity (Wildman–Crippen MR) is 155 cm³/mol. The number of imide groups is 1. The molecular weight excluding hydrogens is 494 g/mol. The maximum Gasteiger partial charge on any atom is 0.261 e. The van der Waals surface area contributed by atoms with E-state index in [4.69, 9.17) is 18.9 Å².